The van der Waals surface area contributed by atoms with E-state index >= 15 is 0 Å². The number of imidazole rings is 1. The van der Waals surface area contributed by atoms with E-state index in [9.17, 15) is 14.7 Å². The van der Waals surface area contributed by atoms with Crippen molar-refractivity contribution in [3.05, 3.63) is 47.3 Å². The Morgan fingerprint density at radius 1 is 1.14 bits per heavy atom. The fraction of sp³-hybridized carbons (Fsp3) is 0.500. The summed E-state index contributed by atoms with van der Waals surface area (Å²) < 4.78 is 10.0. The Kier molecular flexibility index (Phi) is 6.70. The molecule has 2 amide bonds. The van der Waals surface area contributed by atoms with Gasteiger partial charge < -0.3 is 30.4 Å². The van der Waals surface area contributed by atoms with E-state index in [-0.39, 0.29) is 30.1 Å². The number of pyridine rings is 2. The molecule has 6 heterocycles. The van der Waals surface area contributed by atoms with Crippen molar-refractivity contribution in [2.75, 3.05) is 7.11 Å². The number of aliphatic hydroxyl groups is 1. The SMILES string of the molecule is COc1cc(C(=O)N2[C@H]3CC[C@@H]2[C@H](N)C3)cc2nc(-c3cc4ccc([C@@H](C)NC(=O)[C@H](C)O)nc4n3CC3CC3)c(C)n12. The molecule has 1 aliphatic carbocycles. The highest BCUT2D eigenvalue weighted by Gasteiger charge is 2.47. The monoisotopic (exact) mass is 585 g/mol. The number of ether oxygens (including phenoxy) is 1. The molecule has 11 heteroatoms. The molecule has 0 spiro atoms. The third-order valence-electron chi connectivity index (χ3n) is 9.52. The summed E-state index contributed by atoms with van der Waals surface area (Å²) in [6.45, 7) is 6.14. The topological polar surface area (TPSA) is 140 Å². The lowest BCUT2D eigenvalue weighted by atomic mass is 9.97. The molecular weight excluding hydrogens is 546 g/mol. The van der Waals surface area contributed by atoms with Gasteiger partial charge in [-0.05, 0) is 83.1 Å². The Labute approximate surface area is 250 Å². The second-order valence-electron chi connectivity index (χ2n) is 12.6. The molecule has 4 aromatic rings. The molecule has 1 saturated carbocycles. The third-order valence-corrected chi connectivity index (χ3v) is 9.52. The van der Waals surface area contributed by atoms with E-state index in [4.69, 9.17) is 20.4 Å². The second-order valence-corrected chi connectivity index (χ2v) is 12.6. The summed E-state index contributed by atoms with van der Waals surface area (Å²) >= 11 is 0. The Bertz CT molecular complexity index is 1750. The van der Waals surface area contributed by atoms with Gasteiger partial charge in [-0.25, -0.2) is 9.97 Å². The number of hydrogen-bond donors (Lipinski definition) is 3. The van der Waals surface area contributed by atoms with Crippen LogP contribution in [-0.2, 0) is 11.3 Å². The molecule has 0 unspecified atom stereocenters. The Balaban J connectivity index is 1.31. The summed E-state index contributed by atoms with van der Waals surface area (Å²) in [6.07, 6.45) is 4.07. The molecule has 2 saturated heterocycles. The van der Waals surface area contributed by atoms with Gasteiger partial charge in [0.25, 0.3) is 5.91 Å². The average Bonchev–Trinajstić information content (AvgIpc) is 3.31. The van der Waals surface area contributed by atoms with E-state index in [1.807, 2.05) is 47.4 Å². The van der Waals surface area contributed by atoms with Gasteiger partial charge in [-0.1, -0.05) is 0 Å². The Morgan fingerprint density at radius 2 is 1.93 bits per heavy atom. The highest BCUT2D eigenvalue weighted by atomic mass is 16.5. The van der Waals surface area contributed by atoms with Crippen molar-refractivity contribution in [3.63, 3.8) is 0 Å². The molecule has 0 aromatic carbocycles. The van der Waals surface area contributed by atoms with Gasteiger partial charge in [0.05, 0.1) is 30.2 Å². The molecule has 4 aromatic heterocycles. The molecule has 7 rings (SSSR count). The van der Waals surface area contributed by atoms with Crippen LogP contribution in [-0.4, -0.2) is 72.1 Å². The first-order valence-corrected chi connectivity index (χ1v) is 15.3. The number of nitrogens with one attached hydrogen (secondary N) is 1. The number of hydrogen-bond acceptors (Lipinski definition) is 7. The first-order chi connectivity index (χ1) is 20.6. The molecule has 3 fully saturated rings. The van der Waals surface area contributed by atoms with Gasteiger partial charge in [-0.3, -0.25) is 14.0 Å². The van der Waals surface area contributed by atoms with Crippen molar-refractivity contribution in [3.8, 4) is 17.3 Å². The van der Waals surface area contributed by atoms with E-state index < -0.39 is 12.0 Å². The number of aromatic nitrogens is 4. The molecule has 4 N–H and O–H groups in total. The van der Waals surface area contributed by atoms with Gasteiger partial charge in [0, 0.05) is 41.7 Å². The Morgan fingerprint density at radius 3 is 2.58 bits per heavy atom. The number of fused-ring (bicyclic) bond motifs is 4. The second kappa shape index (κ2) is 10.3. The van der Waals surface area contributed by atoms with Gasteiger partial charge >= 0.3 is 0 Å². The standard InChI is InChI=1S/C32H39N7O4/c1-16(34-31(41)18(3)40)24-9-7-20-11-26(37(30(20)35-24)15-19-5-6-19)29-17(2)38-27(36-29)12-21(13-28(38)43-4)32(42)39-22-8-10-25(39)23(33)14-22/h7,9,11-13,16,18-19,22-23,25,40H,5-6,8,10,14-15,33H2,1-4H3,(H,34,41)/t16-,18+,22+,23-,25-/m1/s1. The van der Waals surface area contributed by atoms with E-state index in [0.29, 0.717) is 23.0 Å². The summed E-state index contributed by atoms with van der Waals surface area (Å²) in [4.78, 5) is 37.9. The van der Waals surface area contributed by atoms with Crippen molar-refractivity contribution in [1.29, 1.82) is 0 Å². The highest BCUT2D eigenvalue weighted by Crippen LogP contribution is 2.40. The van der Waals surface area contributed by atoms with Gasteiger partial charge in [-0.15, -0.1) is 0 Å². The first-order valence-electron chi connectivity index (χ1n) is 15.3. The van der Waals surface area contributed by atoms with Crippen LogP contribution in [0.4, 0.5) is 0 Å². The lowest BCUT2D eigenvalue weighted by Crippen LogP contribution is -2.40. The van der Waals surface area contributed by atoms with Crippen LogP contribution in [0, 0.1) is 12.8 Å². The number of carbonyl (C=O) groups excluding carboxylic acids is 2. The molecule has 2 bridgehead atoms. The third kappa shape index (κ3) is 4.65. The fourth-order valence-electron chi connectivity index (χ4n) is 7.02. The number of aliphatic hydroxyl groups excluding tert-OH is 1. The van der Waals surface area contributed by atoms with Gasteiger partial charge in [0.1, 0.15) is 23.1 Å². The number of carbonyl (C=O) groups is 2. The van der Waals surface area contributed by atoms with Crippen LogP contribution in [0.25, 0.3) is 28.1 Å². The van der Waals surface area contributed by atoms with Crippen LogP contribution < -0.4 is 15.8 Å². The molecule has 43 heavy (non-hydrogen) atoms. The number of rotatable bonds is 8. The van der Waals surface area contributed by atoms with Gasteiger partial charge in [0.2, 0.25) is 5.91 Å². The van der Waals surface area contributed by atoms with Crippen LogP contribution >= 0.6 is 0 Å². The van der Waals surface area contributed by atoms with E-state index in [2.05, 4.69) is 16.0 Å². The molecule has 2 aliphatic heterocycles. The zero-order valence-corrected chi connectivity index (χ0v) is 25.1. The van der Waals surface area contributed by atoms with E-state index in [1.165, 1.54) is 19.8 Å². The molecule has 5 atom stereocenters. The minimum Gasteiger partial charge on any atom is -0.482 e. The maximum Gasteiger partial charge on any atom is 0.254 e. The van der Waals surface area contributed by atoms with Gasteiger partial charge in [0.15, 0.2) is 5.88 Å². The number of nitrogens with zero attached hydrogens (tertiary/aromatic N) is 5. The summed E-state index contributed by atoms with van der Waals surface area (Å²) in [5.74, 6) is 0.682. The zero-order chi connectivity index (χ0) is 30.2. The average molecular weight is 586 g/mol. The van der Waals surface area contributed by atoms with Crippen LogP contribution in [0.15, 0.2) is 30.3 Å². The highest BCUT2D eigenvalue weighted by molar-refractivity contribution is 5.97. The van der Waals surface area contributed by atoms with Gasteiger partial charge in [-0.2, -0.15) is 0 Å². The quantitative estimate of drug-likeness (QED) is 0.288. The molecule has 3 aliphatic rings. The predicted octanol–water partition coefficient (Wildman–Crippen LogP) is 3.34. The summed E-state index contributed by atoms with van der Waals surface area (Å²) in [5, 5.41) is 13.5. The fourth-order valence-corrected chi connectivity index (χ4v) is 7.02. The number of nitrogens with two attached hydrogens (primary N) is 1. The maximum atomic E-state index is 13.7. The lowest BCUT2D eigenvalue weighted by molar-refractivity contribution is -0.129. The first kappa shape index (κ1) is 27.8. The van der Waals surface area contributed by atoms with Crippen molar-refractivity contribution < 1.29 is 19.4 Å². The normalized spacial score (nSPS) is 22.8. The molecule has 226 valence electrons. The lowest BCUT2D eigenvalue weighted by Gasteiger charge is -2.23. The van der Waals surface area contributed by atoms with Crippen molar-refractivity contribution in [2.45, 2.75) is 89.7 Å². The van der Waals surface area contributed by atoms with E-state index in [0.717, 1.165) is 59.6 Å². The number of methoxy groups -OCH3 is 1. The van der Waals surface area contributed by atoms with Crippen LogP contribution in [0.5, 0.6) is 5.88 Å². The predicted molar refractivity (Wildman–Crippen MR) is 162 cm³/mol. The van der Waals surface area contributed by atoms with Crippen LogP contribution in [0.2, 0.25) is 0 Å². The minimum atomic E-state index is -1.09. The van der Waals surface area contributed by atoms with Crippen LogP contribution in [0.1, 0.15) is 73.7 Å². The Hall–Kier alpha value is -3.96. The largest absolute Gasteiger partial charge is 0.482 e. The van der Waals surface area contributed by atoms with Crippen molar-refractivity contribution >= 4 is 28.5 Å². The summed E-state index contributed by atoms with van der Waals surface area (Å²) in [6, 6.07) is 9.69. The van der Waals surface area contributed by atoms with E-state index in [1.54, 1.807) is 7.11 Å². The van der Waals surface area contributed by atoms with Crippen molar-refractivity contribution in [1.82, 2.24) is 29.2 Å². The minimum absolute atomic E-state index is 0.0140. The smallest absolute Gasteiger partial charge is 0.254 e. The number of aryl methyl sites for hydroxylation is 1. The molecular formula is C32H39N7O4. The maximum absolute atomic E-state index is 13.7. The molecule has 11 nitrogen and oxygen atoms in total. The summed E-state index contributed by atoms with van der Waals surface area (Å²) in [5.41, 5.74) is 11.8. The van der Waals surface area contributed by atoms with Crippen molar-refractivity contribution in [2.24, 2.45) is 11.7 Å². The molecule has 0 radical (unpaired) electrons. The number of amides is 2. The van der Waals surface area contributed by atoms with Crippen LogP contribution in [0.3, 0.4) is 0 Å². The summed E-state index contributed by atoms with van der Waals surface area (Å²) in [7, 11) is 1.62. The zero-order valence-electron chi connectivity index (χ0n) is 25.1.